The highest BCUT2D eigenvalue weighted by Gasteiger charge is 2.20. The number of rotatable bonds is 3. The molecule has 2 atom stereocenters. The number of hydrogen-bond acceptors (Lipinski definition) is 6. The minimum absolute atomic E-state index is 0.173. The fraction of sp³-hybridized carbons (Fsp3) is 0.300. The Bertz CT molecular complexity index is 497. The highest BCUT2D eigenvalue weighted by molar-refractivity contribution is 6.30. The van der Waals surface area contributed by atoms with Gasteiger partial charge in [0.15, 0.2) is 0 Å². The molecule has 90 valence electrons. The number of aliphatic hydroxyl groups excluding tert-OH is 1. The van der Waals surface area contributed by atoms with Gasteiger partial charge in [0.1, 0.15) is 11.7 Å². The minimum atomic E-state index is -0.763. The number of pyridine rings is 1. The molecule has 0 aliphatic heterocycles. The van der Waals surface area contributed by atoms with Gasteiger partial charge in [-0.25, -0.2) is 0 Å². The monoisotopic (exact) mass is 254 g/mol. The summed E-state index contributed by atoms with van der Waals surface area (Å²) in [5.74, 6) is 0.486. The first-order valence-electron chi connectivity index (χ1n) is 4.97. The zero-order chi connectivity index (χ0) is 12.4. The molecule has 0 amide bonds. The summed E-state index contributed by atoms with van der Waals surface area (Å²) in [6.07, 6.45) is 0.725. The third-order valence-electron chi connectivity index (χ3n) is 2.20. The van der Waals surface area contributed by atoms with E-state index in [-0.39, 0.29) is 5.89 Å². The second-order valence-electron chi connectivity index (χ2n) is 3.58. The second-order valence-corrected chi connectivity index (χ2v) is 4.02. The molecule has 0 radical (unpaired) electrons. The lowest BCUT2D eigenvalue weighted by Crippen LogP contribution is -2.23. The Balaban J connectivity index is 2.26. The molecule has 0 aliphatic rings. The van der Waals surface area contributed by atoms with Gasteiger partial charge in [0.05, 0.1) is 11.1 Å². The maximum Gasteiger partial charge on any atom is 0.246 e. The zero-order valence-corrected chi connectivity index (χ0v) is 9.80. The van der Waals surface area contributed by atoms with Crippen LogP contribution in [-0.2, 0) is 0 Å². The topological polar surface area (TPSA) is 98.1 Å². The molecule has 2 rings (SSSR count). The highest BCUT2D eigenvalue weighted by Crippen LogP contribution is 2.18. The predicted molar refractivity (Wildman–Crippen MR) is 61.1 cm³/mol. The van der Waals surface area contributed by atoms with Crippen LogP contribution < -0.4 is 5.73 Å². The van der Waals surface area contributed by atoms with Crippen molar-refractivity contribution in [3.8, 4) is 11.5 Å². The van der Waals surface area contributed by atoms with Gasteiger partial charge in [0.2, 0.25) is 11.7 Å². The van der Waals surface area contributed by atoms with Gasteiger partial charge in [0.25, 0.3) is 0 Å². The summed E-state index contributed by atoms with van der Waals surface area (Å²) in [5, 5.41) is 13.6. The molecule has 0 bridgehead atoms. The van der Waals surface area contributed by atoms with Crippen LogP contribution in [0.3, 0.4) is 0 Å². The largest absolute Gasteiger partial charge is 0.391 e. The van der Waals surface area contributed by atoms with Gasteiger partial charge in [0, 0.05) is 6.20 Å². The molecule has 3 N–H and O–H groups in total. The van der Waals surface area contributed by atoms with Crippen LogP contribution in [0.15, 0.2) is 22.9 Å². The van der Waals surface area contributed by atoms with E-state index in [0.717, 1.165) is 0 Å². The molecular weight excluding hydrogens is 244 g/mol. The van der Waals surface area contributed by atoms with E-state index in [4.69, 9.17) is 21.9 Å². The summed E-state index contributed by atoms with van der Waals surface area (Å²) >= 11 is 5.72. The Hall–Kier alpha value is -1.50. The van der Waals surface area contributed by atoms with Crippen LogP contribution >= 0.6 is 11.6 Å². The average Bonchev–Trinajstić information content (AvgIpc) is 2.78. The highest BCUT2D eigenvalue weighted by atomic mass is 35.5. The van der Waals surface area contributed by atoms with Crippen molar-refractivity contribution in [3.63, 3.8) is 0 Å². The molecule has 0 unspecified atom stereocenters. The third kappa shape index (κ3) is 2.60. The first-order chi connectivity index (χ1) is 8.08. The van der Waals surface area contributed by atoms with E-state index in [0.29, 0.717) is 16.5 Å². The number of aromatic nitrogens is 3. The van der Waals surface area contributed by atoms with E-state index in [1.807, 2.05) is 0 Å². The van der Waals surface area contributed by atoms with Gasteiger partial charge in [-0.3, -0.25) is 4.98 Å². The van der Waals surface area contributed by atoms with Crippen molar-refractivity contribution in [2.75, 3.05) is 0 Å². The van der Waals surface area contributed by atoms with Crippen LogP contribution in [0.2, 0.25) is 5.02 Å². The summed E-state index contributed by atoms with van der Waals surface area (Å²) in [5.41, 5.74) is 6.20. The summed E-state index contributed by atoms with van der Waals surface area (Å²) in [4.78, 5) is 8.11. The van der Waals surface area contributed by atoms with Crippen molar-refractivity contribution in [2.45, 2.75) is 19.1 Å². The Morgan fingerprint density at radius 2 is 2.24 bits per heavy atom. The summed E-state index contributed by atoms with van der Waals surface area (Å²) < 4.78 is 4.95. The van der Waals surface area contributed by atoms with Gasteiger partial charge in [-0.05, 0) is 19.1 Å². The molecule has 0 fully saturated rings. The quantitative estimate of drug-likeness (QED) is 0.853. The van der Waals surface area contributed by atoms with Gasteiger partial charge in [-0.2, -0.15) is 4.98 Å². The fourth-order valence-electron chi connectivity index (χ4n) is 1.19. The smallest absolute Gasteiger partial charge is 0.246 e. The van der Waals surface area contributed by atoms with Crippen LogP contribution in [-0.4, -0.2) is 26.3 Å². The van der Waals surface area contributed by atoms with Crippen molar-refractivity contribution in [1.29, 1.82) is 0 Å². The molecule has 7 heteroatoms. The second kappa shape index (κ2) is 4.79. The first kappa shape index (κ1) is 12.0. The number of hydrogen-bond donors (Lipinski definition) is 2. The van der Waals surface area contributed by atoms with Crippen LogP contribution in [0.4, 0.5) is 0 Å². The SMILES string of the molecule is C[C@@H](O)[C@H](N)c1nc(-c2ccc(Cl)cn2)no1. The van der Waals surface area contributed by atoms with Crippen LogP contribution in [0, 0.1) is 0 Å². The molecule has 0 saturated heterocycles. The van der Waals surface area contributed by atoms with Gasteiger partial charge in [-0.1, -0.05) is 16.8 Å². The van der Waals surface area contributed by atoms with E-state index < -0.39 is 12.1 Å². The Labute approximate surface area is 102 Å². The maximum absolute atomic E-state index is 9.30. The molecule has 2 aromatic heterocycles. The molecule has 6 nitrogen and oxygen atoms in total. The van der Waals surface area contributed by atoms with Crippen molar-refractivity contribution in [3.05, 3.63) is 29.2 Å². The van der Waals surface area contributed by atoms with E-state index in [9.17, 15) is 5.11 Å². The number of halogens is 1. The molecule has 0 spiro atoms. The lowest BCUT2D eigenvalue weighted by atomic mass is 10.2. The number of aliphatic hydroxyl groups is 1. The van der Waals surface area contributed by atoms with Crippen LogP contribution in [0.25, 0.3) is 11.5 Å². The maximum atomic E-state index is 9.30. The van der Waals surface area contributed by atoms with Crippen LogP contribution in [0.5, 0.6) is 0 Å². The summed E-state index contributed by atoms with van der Waals surface area (Å²) in [6.45, 7) is 1.55. The van der Waals surface area contributed by atoms with Gasteiger partial charge in [-0.15, -0.1) is 0 Å². The molecule has 17 heavy (non-hydrogen) atoms. The molecule has 0 aromatic carbocycles. The predicted octanol–water partition coefficient (Wildman–Crippen LogP) is 1.17. The van der Waals surface area contributed by atoms with Gasteiger partial charge < -0.3 is 15.4 Å². The third-order valence-corrected chi connectivity index (χ3v) is 2.43. The lowest BCUT2D eigenvalue weighted by Gasteiger charge is -2.08. The zero-order valence-electron chi connectivity index (χ0n) is 9.04. The van der Waals surface area contributed by atoms with Crippen molar-refractivity contribution in [1.82, 2.24) is 15.1 Å². The fourth-order valence-corrected chi connectivity index (χ4v) is 1.30. The first-order valence-corrected chi connectivity index (χ1v) is 5.35. The van der Waals surface area contributed by atoms with E-state index >= 15 is 0 Å². The lowest BCUT2D eigenvalue weighted by molar-refractivity contribution is 0.146. The normalized spacial score (nSPS) is 14.6. The van der Waals surface area contributed by atoms with Crippen molar-refractivity contribution < 1.29 is 9.63 Å². The van der Waals surface area contributed by atoms with E-state index in [2.05, 4.69) is 15.1 Å². The Kier molecular flexibility index (Phi) is 3.37. The molecule has 2 aromatic rings. The molecule has 0 aliphatic carbocycles. The summed E-state index contributed by atoms with van der Waals surface area (Å²) in [7, 11) is 0. The van der Waals surface area contributed by atoms with Crippen LogP contribution in [0.1, 0.15) is 18.9 Å². The standard InChI is InChI=1S/C10H11ClN4O2/c1-5(16)8(12)10-14-9(15-17-10)7-3-2-6(11)4-13-7/h2-5,8,16H,12H2,1H3/t5-,8+/m1/s1. The van der Waals surface area contributed by atoms with Gasteiger partial charge >= 0.3 is 0 Å². The molecular formula is C10H11ClN4O2. The summed E-state index contributed by atoms with van der Waals surface area (Å²) in [6, 6.07) is 2.64. The average molecular weight is 255 g/mol. The number of nitrogens with two attached hydrogens (primary N) is 1. The Morgan fingerprint density at radius 1 is 1.47 bits per heavy atom. The molecule has 0 saturated carbocycles. The Morgan fingerprint density at radius 3 is 2.82 bits per heavy atom. The van der Waals surface area contributed by atoms with Crippen molar-refractivity contribution in [2.24, 2.45) is 5.73 Å². The van der Waals surface area contributed by atoms with Crippen molar-refractivity contribution >= 4 is 11.6 Å². The van der Waals surface area contributed by atoms with E-state index in [1.165, 1.54) is 6.20 Å². The van der Waals surface area contributed by atoms with E-state index in [1.54, 1.807) is 19.1 Å². The minimum Gasteiger partial charge on any atom is -0.391 e. The number of nitrogens with zero attached hydrogens (tertiary/aromatic N) is 3. The molecule has 2 heterocycles.